The highest BCUT2D eigenvalue weighted by atomic mass is 32.1. The number of amides is 2. The third-order valence-corrected chi connectivity index (χ3v) is 5.94. The number of carbonyl (C=O) groups is 2. The number of aromatic nitrogens is 2. The highest BCUT2D eigenvalue weighted by Gasteiger charge is 2.35. The Balaban J connectivity index is 1.74. The van der Waals surface area contributed by atoms with E-state index in [2.05, 4.69) is 32.7 Å². The Hall–Kier alpha value is -4.20. The summed E-state index contributed by atoms with van der Waals surface area (Å²) in [5.41, 5.74) is 16.8. The van der Waals surface area contributed by atoms with Crippen molar-refractivity contribution in [2.75, 3.05) is 18.0 Å². The van der Waals surface area contributed by atoms with Crippen LogP contribution in [0.4, 0.5) is 11.4 Å². The van der Waals surface area contributed by atoms with Crippen molar-refractivity contribution in [2.24, 2.45) is 4.99 Å². The van der Waals surface area contributed by atoms with E-state index >= 15 is 0 Å². The molecule has 1 aliphatic rings. The predicted octanol–water partition coefficient (Wildman–Crippen LogP) is 3.35. The number of hydrogen-bond acceptors (Lipinski definition) is 6. The Morgan fingerprint density at radius 2 is 1.67 bits per heavy atom. The molecule has 0 saturated heterocycles. The summed E-state index contributed by atoms with van der Waals surface area (Å²) in [6.45, 7) is 1.21. The molecule has 33 heavy (non-hydrogen) atoms. The molecule has 9 heteroatoms. The van der Waals surface area contributed by atoms with Crippen molar-refractivity contribution < 1.29 is 9.59 Å². The van der Waals surface area contributed by atoms with Crippen molar-refractivity contribution in [3.8, 4) is 0 Å². The summed E-state index contributed by atoms with van der Waals surface area (Å²) in [5.74, 6) is -0.890. The number of benzene rings is 2. The van der Waals surface area contributed by atoms with E-state index in [1.165, 1.54) is 0 Å². The van der Waals surface area contributed by atoms with Crippen LogP contribution < -0.4 is 16.8 Å². The summed E-state index contributed by atoms with van der Waals surface area (Å²) in [6, 6.07) is 11.0. The normalized spacial score (nSPS) is 13.7. The number of imide groups is 1. The van der Waals surface area contributed by atoms with Gasteiger partial charge >= 0.3 is 0 Å². The number of carbonyl (C=O) groups excluding carboxylic acids is 2. The van der Waals surface area contributed by atoms with Gasteiger partial charge in [-0.25, -0.2) is 4.99 Å². The van der Waals surface area contributed by atoms with Crippen LogP contribution in [0.1, 0.15) is 17.5 Å². The molecular formula is C24H20N6O2S. The van der Waals surface area contributed by atoms with Crippen molar-refractivity contribution in [1.29, 1.82) is 0 Å². The molecule has 3 heterocycles. The Morgan fingerprint density at radius 3 is 2.42 bits per heavy atom. The van der Waals surface area contributed by atoms with Crippen LogP contribution in [-0.2, 0) is 16.1 Å². The van der Waals surface area contributed by atoms with Crippen molar-refractivity contribution in [3.05, 3.63) is 59.9 Å². The van der Waals surface area contributed by atoms with Gasteiger partial charge < -0.3 is 21.0 Å². The van der Waals surface area contributed by atoms with Crippen LogP contribution in [0.15, 0.2) is 53.8 Å². The molecule has 164 valence electrons. The third-order valence-electron chi connectivity index (χ3n) is 5.81. The van der Waals surface area contributed by atoms with Crippen LogP contribution in [0, 0.1) is 0 Å². The largest absolute Gasteiger partial charge is 0.399 e. The number of nitrogens with one attached hydrogen (secondary N) is 2. The van der Waals surface area contributed by atoms with Gasteiger partial charge in [0.25, 0.3) is 11.8 Å². The summed E-state index contributed by atoms with van der Waals surface area (Å²) in [6.07, 6.45) is 4.37. The summed E-state index contributed by atoms with van der Waals surface area (Å²) < 4.78 is 2.04. The highest BCUT2D eigenvalue weighted by molar-refractivity contribution is 7.78. The van der Waals surface area contributed by atoms with Gasteiger partial charge in [-0.15, -0.1) is 0 Å². The Bertz CT molecular complexity index is 1540. The van der Waals surface area contributed by atoms with E-state index in [4.69, 9.17) is 11.5 Å². The minimum Gasteiger partial charge on any atom is -0.399 e. The van der Waals surface area contributed by atoms with E-state index in [0.717, 1.165) is 28.2 Å². The smallest absolute Gasteiger partial charge is 0.259 e. The van der Waals surface area contributed by atoms with Crippen molar-refractivity contribution in [2.45, 2.75) is 13.0 Å². The van der Waals surface area contributed by atoms with Gasteiger partial charge in [0, 0.05) is 63.2 Å². The first-order valence-electron chi connectivity index (χ1n) is 10.4. The minimum absolute atomic E-state index is 0.309. The topological polar surface area (TPSA) is 131 Å². The molecule has 1 aliphatic heterocycles. The highest BCUT2D eigenvalue weighted by Crippen LogP contribution is 2.39. The fourth-order valence-corrected chi connectivity index (χ4v) is 4.47. The zero-order valence-corrected chi connectivity index (χ0v) is 18.3. The number of nitrogen functional groups attached to an aromatic ring is 2. The maximum Gasteiger partial charge on any atom is 0.259 e. The van der Waals surface area contributed by atoms with Gasteiger partial charge in [0.15, 0.2) is 0 Å². The maximum atomic E-state index is 13.0. The van der Waals surface area contributed by atoms with Gasteiger partial charge in [0.2, 0.25) is 0 Å². The number of anilines is 2. The second-order valence-electron chi connectivity index (χ2n) is 7.88. The van der Waals surface area contributed by atoms with Crippen molar-refractivity contribution in [1.82, 2.24) is 14.9 Å². The molecule has 0 aliphatic carbocycles. The summed E-state index contributed by atoms with van der Waals surface area (Å²) in [7, 11) is 0. The van der Waals surface area contributed by atoms with Crippen LogP contribution in [0.25, 0.3) is 33.0 Å². The number of rotatable bonds is 6. The predicted molar refractivity (Wildman–Crippen MR) is 134 cm³/mol. The average Bonchev–Trinajstić information content (AvgIpc) is 3.43. The lowest BCUT2D eigenvalue weighted by molar-refractivity contribution is -0.122. The molecular weight excluding hydrogens is 436 g/mol. The molecule has 0 fully saturated rings. The first-order chi connectivity index (χ1) is 16.0. The Morgan fingerprint density at radius 1 is 0.970 bits per heavy atom. The second-order valence-corrected chi connectivity index (χ2v) is 8.06. The number of aryl methyl sites for hydroxylation is 1. The molecule has 8 nitrogen and oxygen atoms in total. The molecule has 0 bridgehead atoms. The van der Waals surface area contributed by atoms with Crippen LogP contribution in [-0.4, -0.2) is 33.1 Å². The number of nitrogens with zero attached hydrogens (tertiary/aromatic N) is 2. The number of H-pyrrole nitrogens is 1. The van der Waals surface area contributed by atoms with Crippen LogP contribution in [0.5, 0.6) is 0 Å². The minimum atomic E-state index is -0.446. The molecule has 0 radical (unpaired) electrons. The molecule has 0 unspecified atom stereocenters. The van der Waals surface area contributed by atoms with Crippen molar-refractivity contribution >= 4 is 73.5 Å². The molecule has 2 amide bonds. The standard InChI is InChI=1S/C24H20N6O2S/c25-13-2-4-19-15(8-13)17(10-28-19)21-22(24(32)29-23(21)31)18-11-30(7-1-6-27-12-33)20-5-3-14(26)9-16(18)20/h2-5,8-11,28H,1,6-7,25-26H2,(H,29,31,32). The molecule has 2 aromatic carbocycles. The fraction of sp³-hybridized carbons (Fsp3) is 0.125. The molecule has 2 aromatic heterocycles. The van der Waals surface area contributed by atoms with Gasteiger partial charge in [0.1, 0.15) is 0 Å². The lowest BCUT2D eigenvalue weighted by atomic mass is 9.95. The lowest BCUT2D eigenvalue weighted by Crippen LogP contribution is -2.22. The molecule has 5 rings (SSSR count). The zero-order chi connectivity index (χ0) is 23.1. The SMILES string of the molecule is Nc1ccc2[nH]cc(C3=C(c4cn(CCCN=C=S)c5ccc(N)cc45)C(=O)NC3=O)c2c1. The Labute approximate surface area is 194 Å². The summed E-state index contributed by atoms with van der Waals surface area (Å²) in [4.78, 5) is 33.1. The molecule has 0 atom stereocenters. The first kappa shape index (κ1) is 20.7. The monoisotopic (exact) mass is 456 g/mol. The first-order valence-corrected chi connectivity index (χ1v) is 10.8. The molecule has 0 saturated carbocycles. The van der Waals surface area contributed by atoms with E-state index in [9.17, 15) is 9.59 Å². The molecule has 6 N–H and O–H groups in total. The van der Waals surface area contributed by atoms with Crippen LogP contribution in [0.3, 0.4) is 0 Å². The molecule has 0 spiro atoms. The summed E-state index contributed by atoms with van der Waals surface area (Å²) in [5, 5.41) is 6.40. The van der Waals surface area contributed by atoms with E-state index in [1.807, 2.05) is 35.0 Å². The van der Waals surface area contributed by atoms with E-state index in [0.29, 0.717) is 46.7 Å². The van der Waals surface area contributed by atoms with E-state index in [1.54, 1.807) is 18.3 Å². The van der Waals surface area contributed by atoms with Crippen molar-refractivity contribution in [3.63, 3.8) is 0 Å². The van der Waals surface area contributed by atoms with Gasteiger partial charge in [-0.1, -0.05) is 0 Å². The number of aliphatic imine (C=N–C) groups is 1. The number of aromatic amines is 1. The van der Waals surface area contributed by atoms with Gasteiger partial charge in [0.05, 0.1) is 22.9 Å². The Kier molecular flexibility index (Phi) is 5.05. The van der Waals surface area contributed by atoms with E-state index in [-0.39, 0.29) is 0 Å². The fourth-order valence-electron chi connectivity index (χ4n) is 4.38. The van der Waals surface area contributed by atoms with Gasteiger partial charge in [-0.05, 0) is 55.0 Å². The van der Waals surface area contributed by atoms with Gasteiger partial charge in [-0.2, -0.15) is 0 Å². The number of hydrogen-bond donors (Lipinski definition) is 4. The number of thiocarbonyl (C=S) groups is 1. The van der Waals surface area contributed by atoms with Crippen LogP contribution in [0.2, 0.25) is 0 Å². The number of nitrogens with two attached hydrogens (primary N) is 2. The number of isothiocyanates is 1. The second kappa shape index (κ2) is 8.05. The quantitative estimate of drug-likeness (QED) is 0.116. The van der Waals surface area contributed by atoms with Crippen LogP contribution >= 0.6 is 12.2 Å². The zero-order valence-electron chi connectivity index (χ0n) is 17.5. The summed E-state index contributed by atoms with van der Waals surface area (Å²) >= 11 is 4.64. The van der Waals surface area contributed by atoms with E-state index < -0.39 is 11.8 Å². The average molecular weight is 457 g/mol. The molecule has 4 aromatic rings. The third kappa shape index (κ3) is 3.49. The van der Waals surface area contributed by atoms with Gasteiger partial charge in [-0.3, -0.25) is 14.9 Å². The lowest BCUT2D eigenvalue weighted by Gasteiger charge is -2.04. The maximum absolute atomic E-state index is 13.0. The number of fused-ring (bicyclic) bond motifs is 2.